The highest BCUT2D eigenvalue weighted by Gasteiger charge is 2.11. The summed E-state index contributed by atoms with van der Waals surface area (Å²) in [6.45, 7) is 9.65. The van der Waals surface area contributed by atoms with Crippen molar-refractivity contribution >= 4 is 0 Å². The van der Waals surface area contributed by atoms with Crippen LogP contribution in [0.4, 0.5) is 0 Å². The van der Waals surface area contributed by atoms with Crippen LogP contribution in [0.3, 0.4) is 0 Å². The molecule has 1 heterocycles. The lowest BCUT2D eigenvalue weighted by atomic mass is 10.0. The fraction of sp³-hybridized carbons (Fsp3) is 0.417. The number of hydrogen-bond acceptors (Lipinski definition) is 2. The zero-order chi connectivity index (χ0) is 10.7. The van der Waals surface area contributed by atoms with Crippen LogP contribution < -0.4 is 0 Å². The minimum Gasteiger partial charge on any atom is -0.386 e. The molecule has 14 heavy (non-hydrogen) atoms. The summed E-state index contributed by atoms with van der Waals surface area (Å²) in [5.74, 6) is 0. The monoisotopic (exact) mass is 191 g/mol. The third kappa shape index (κ3) is 2.67. The molecule has 2 heteroatoms. The van der Waals surface area contributed by atoms with Crippen LogP contribution >= 0.6 is 0 Å². The summed E-state index contributed by atoms with van der Waals surface area (Å²) in [6, 6.07) is 2.03. The van der Waals surface area contributed by atoms with Crippen molar-refractivity contribution in [3.63, 3.8) is 0 Å². The van der Waals surface area contributed by atoms with Gasteiger partial charge in [-0.3, -0.25) is 4.98 Å². The number of rotatable bonds is 3. The van der Waals surface area contributed by atoms with Gasteiger partial charge in [0.05, 0.1) is 11.8 Å². The second kappa shape index (κ2) is 4.38. The Morgan fingerprint density at radius 3 is 2.71 bits per heavy atom. The normalized spacial score (nSPS) is 12.6. The van der Waals surface area contributed by atoms with Crippen molar-refractivity contribution in [3.8, 4) is 0 Å². The highest BCUT2D eigenvalue weighted by atomic mass is 16.3. The fourth-order valence-corrected chi connectivity index (χ4v) is 1.50. The molecule has 0 bridgehead atoms. The second-order valence-electron chi connectivity index (χ2n) is 3.89. The van der Waals surface area contributed by atoms with Gasteiger partial charge >= 0.3 is 0 Å². The molecule has 0 aromatic carbocycles. The molecule has 1 rings (SSSR count). The molecule has 1 aromatic heterocycles. The van der Waals surface area contributed by atoms with E-state index in [1.807, 2.05) is 26.8 Å². The SMILES string of the molecule is C=C(C)CC(O)c1ncc(C)cc1C. The summed E-state index contributed by atoms with van der Waals surface area (Å²) in [7, 11) is 0. The minimum atomic E-state index is -0.520. The fourth-order valence-electron chi connectivity index (χ4n) is 1.50. The van der Waals surface area contributed by atoms with Crippen molar-refractivity contribution in [2.75, 3.05) is 0 Å². The molecule has 0 saturated carbocycles. The zero-order valence-electron chi connectivity index (χ0n) is 9.04. The molecular weight excluding hydrogens is 174 g/mol. The van der Waals surface area contributed by atoms with E-state index in [0.717, 1.165) is 22.4 Å². The van der Waals surface area contributed by atoms with Crippen molar-refractivity contribution < 1.29 is 5.11 Å². The molecule has 0 aliphatic rings. The summed E-state index contributed by atoms with van der Waals surface area (Å²) >= 11 is 0. The van der Waals surface area contributed by atoms with Gasteiger partial charge in [-0.25, -0.2) is 0 Å². The van der Waals surface area contributed by atoms with Gasteiger partial charge in [0, 0.05) is 6.20 Å². The van der Waals surface area contributed by atoms with Gasteiger partial charge in [0.25, 0.3) is 0 Å². The van der Waals surface area contributed by atoms with Crippen molar-refractivity contribution in [1.82, 2.24) is 4.98 Å². The quantitative estimate of drug-likeness (QED) is 0.745. The van der Waals surface area contributed by atoms with Gasteiger partial charge in [-0.1, -0.05) is 11.6 Å². The number of aryl methyl sites for hydroxylation is 2. The second-order valence-corrected chi connectivity index (χ2v) is 3.89. The molecule has 1 atom stereocenters. The minimum absolute atomic E-state index is 0.520. The van der Waals surface area contributed by atoms with Crippen LogP contribution in [-0.4, -0.2) is 10.1 Å². The molecule has 0 spiro atoms. The molecule has 1 N–H and O–H groups in total. The van der Waals surface area contributed by atoms with E-state index in [-0.39, 0.29) is 0 Å². The largest absolute Gasteiger partial charge is 0.386 e. The molecule has 1 unspecified atom stereocenters. The van der Waals surface area contributed by atoms with Gasteiger partial charge in [-0.15, -0.1) is 6.58 Å². The molecule has 0 fully saturated rings. The van der Waals surface area contributed by atoms with E-state index >= 15 is 0 Å². The molecule has 76 valence electrons. The van der Waals surface area contributed by atoms with Gasteiger partial charge in [0.1, 0.15) is 0 Å². The number of aliphatic hydroxyl groups is 1. The van der Waals surface area contributed by atoms with Crippen molar-refractivity contribution in [3.05, 3.63) is 41.2 Å². The summed E-state index contributed by atoms with van der Waals surface area (Å²) in [5, 5.41) is 9.84. The molecule has 2 nitrogen and oxygen atoms in total. The molecule has 0 aliphatic heterocycles. The Hall–Kier alpha value is -1.15. The van der Waals surface area contributed by atoms with Crippen LogP contribution in [0.2, 0.25) is 0 Å². The van der Waals surface area contributed by atoms with Crippen LogP contribution in [-0.2, 0) is 0 Å². The Bertz CT molecular complexity index is 344. The summed E-state index contributed by atoms with van der Waals surface area (Å²) < 4.78 is 0. The van der Waals surface area contributed by atoms with Crippen molar-refractivity contribution in [1.29, 1.82) is 0 Å². The van der Waals surface area contributed by atoms with E-state index in [1.54, 1.807) is 6.20 Å². The first kappa shape index (κ1) is 10.9. The van der Waals surface area contributed by atoms with Crippen molar-refractivity contribution in [2.45, 2.75) is 33.3 Å². The Labute approximate surface area is 85.3 Å². The number of nitrogens with zero attached hydrogens (tertiary/aromatic N) is 1. The first-order valence-corrected chi connectivity index (χ1v) is 4.76. The van der Waals surface area contributed by atoms with Gasteiger partial charge < -0.3 is 5.11 Å². The predicted molar refractivity (Wildman–Crippen MR) is 58.1 cm³/mol. The number of aromatic nitrogens is 1. The maximum absolute atomic E-state index is 9.84. The summed E-state index contributed by atoms with van der Waals surface area (Å²) in [6.07, 6.45) is 1.84. The third-order valence-electron chi connectivity index (χ3n) is 2.11. The average molecular weight is 191 g/mol. The lowest BCUT2D eigenvalue weighted by Crippen LogP contribution is -2.03. The number of pyridine rings is 1. The van der Waals surface area contributed by atoms with E-state index in [1.165, 1.54) is 0 Å². The molecule has 0 aliphatic carbocycles. The summed E-state index contributed by atoms with van der Waals surface area (Å²) in [4.78, 5) is 4.24. The van der Waals surface area contributed by atoms with E-state index in [4.69, 9.17) is 0 Å². The summed E-state index contributed by atoms with van der Waals surface area (Å²) in [5.41, 5.74) is 3.89. The maximum atomic E-state index is 9.84. The standard InChI is InChI=1S/C12H17NO/c1-8(2)5-11(14)12-10(4)6-9(3)7-13-12/h6-7,11,14H,1,5H2,2-4H3. The van der Waals surface area contributed by atoms with Gasteiger partial charge in [-0.2, -0.15) is 0 Å². The van der Waals surface area contributed by atoms with Crippen molar-refractivity contribution in [2.24, 2.45) is 0 Å². The highest BCUT2D eigenvalue weighted by molar-refractivity contribution is 5.25. The van der Waals surface area contributed by atoms with E-state index in [2.05, 4.69) is 11.6 Å². The van der Waals surface area contributed by atoms with Crippen LogP contribution in [0.25, 0.3) is 0 Å². The molecular formula is C12H17NO. The maximum Gasteiger partial charge on any atom is 0.0999 e. The lowest BCUT2D eigenvalue weighted by Gasteiger charge is -2.12. The Kier molecular flexibility index (Phi) is 3.42. The van der Waals surface area contributed by atoms with Crippen LogP contribution in [0.15, 0.2) is 24.4 Å². The lowest BCUT2D eigenvalue weighted by molar-refractivity contribution is 0.173. The zero-order valence-corrected chi connectivity index (χ0v) is 9.04. The predicted octanol–water partition coefficient (Wildman–Crippen LogP) is 2.70. The Balaban J connectivity index is 2.90. The van der Waals surface area contributed by atoms with Gasteiger partial charge in [-0.05, 0) is 38.3 Å². The number of aliphatic hydroxyl groups excluding tert-OH is 1. The Morgan fingerprint density at radius 1 is 1.57 bits per heavy atom. The molecule has 0 radical (unpaired) electrons. The van der Waals surface area contributed by atoms with Crippen LogP contribution in [0, 0.1) is 13.8 Å². The van der Waals surface area contributed by atoms with Crippen LogP contribution in [0.1, 0.15) is 36.3 Å². The third-order valence-corrected chi connectivity index (χ3v) is 2.11. The Morgan fingerprint density at radius 2 is 2.21 bits per heavy atom. The molecule has 1 aromatic rings. The van der Waals surface area contributed by atoms with Crippen LogP contribution in [0.5, 0.6) is 0 Å². The first-order chi connectivity index (χ1) is 6.50. The van der Waals surface area contributed by atoms with E-state index in [9.17, 15) is 5.11 Å². The highest BCUT2D eigenvalue weighted by Crippen LogP contribution is 2.21. The van der Waals surface area contributed by atoms with Gasteiger partial charge in [0.15, 0.2) is 0 Å². The van der Waals surface area contributed by atoms with E-state index < -0.39 is 6.10 Å². The average Bonchev–Trinajstić information content (AvgIpc) is 2.01. The smallest absolute Gasteiger partial charge is 0.0999 e. The first-order valence-electron chi connectivity index (χ1n) is 4.76. The topological polar surface area (TPSA) is 33.1 Å². The van der Waals surface area contributed by atoms with E-state index in [0.29, 0.717) is 6.42 Å². The molecule has 0 saturated heterocycles. The molecule has 0 amide bonds. The number of hydrogen-bond donors (Lipinski definition) is 1. The van der Waals surface area contributed by atoms with Gasteiger partial charge in [0.2, 0.25) is 0 Å².